The average Bonchev–Trinajstić information content (AvgIpc) is 3.84. The molecule has 1 unspecified atom stereocenters. The molecule has 1 saturated heterocycles. The lowest BCUT2D eigenvalue weighted by atomic mass is 10.0. The lowest BCUT2D eigenvalue weighted by molar-refractivity contribution is -0.136. The van der Waals surface area contributed by atoms with E-state index in [1.807, 2.05) is 49.6 Å². The second-order valence-electron chi connectivity index (χ2n) is 14.8. The van der Waals surface area contributed by atoms with Gasteiger partial charge in [0.2, 0.25) is 11.8 Å². The Balaban J connectivity index is 0.660. The van der Waals surface area contributed by atoms with Crippen molar-refractivity contribution in [2.75, 3.05) is 91.7 Å². The van der Waals surface area contributed by atoms with Gasteiger partial charge in [-0.2, -0.15) is 0 Å². The molecule has 0 bridgehead atoms. The molecule has 16 heteroatoms. The first-order chi connectivity index (χ1) is 29.8. The van der Waals surface area contributed by atoms with Gasteiger partial charge in [-0.1, -0.05) is 12.1 Å². The Bertz CT molecular complexity index is 2230. The number of rotatable bonds is 24. The van der Waals surface area contributed by atoms with Crippen molar-refractivity contribution in [3.8, 4) is 27.6 Å². The molecule has 61 heavy (non-hydrogen) atoms. The monoisotopic (exact) mass is 852 g/mol. The minimum atomic E-state index is -0.641. The number of nitrogens with one attached hydrogen (secondary N) is 1. The van der Waals surface area contributed by atoms with Gasteiger partial charge in [-0.15, -0.1) is 11.3 Å². The maximum absolute atomic E-state index is 12.8. The normalized spacial score (nSPS) is 15.1. The number of imide groups is 1. The number of pyridine rings is 2. The van der Waals surface area contributed by atoms with Crippen molar-refractivity contribution in [3.05, 3.63) is 89.7 Å². The van der Waals surface area contributed by atoms with Crippen LogP contribution in [0.1, 0.15) is 40.7 Å². The van der Waals surface area contributed by atoms with Crippen molar-refractivity contribution in [3.63, 3.8) is 0 Å². The van der Waals surface area contributed by atoms with Crippen molar-refractivity contribution in [1.29, 1.82) is 0 Å². The summed E-state index contributed by atoms with van der Waals surface area (Å²) < 4.78 is 35.1. The van der Waals surface area contributed by atoms with E-state index in [9.17, 15) is 14.4 Å². The van der Waals surface area contributed by atoms with Gasteiger partial charge in [-0.05, 0) is 78.9 Å². The van der Waals surface area contributed by atoms with E-state index < -0.39 is 11.9 Å². The quantitative estimate of drug-likeness (QED) is 0.0626. The SMILES string of the molecule is CN(C)c1ccc(-c2ccc(-c3nc4ccc(CCCOCCOCCOCCOCCOCCOc5ccc6c(c5)CN(C5CCC(=O)NC5=O)C6=O)cc4s3)nc2)cn1. The number of hydrogen-bond acceptors (Lipinski definition) is 14. The van der Waals surface area contributed by atoms with E-state index in [1.165, 1.54) is 10.5 Å². The summed E-state index contributed by atoms with van der Waals surface area (Å²) in [5.41, 5.74) is 6.49. The highest BCUT2D eigenvalue weighted by atomic mass is 32.1. The Morgan fingerprint density at radius 2 is 1.43 bits per heavy atom. The standard InChI is InChI=1S/C45H52N6O9S/c1-50(2)41-13-7-33(29-47-41)32-6-11-38(46-28-32)44-48-37-10-5-31(26-40(37)61-44)4-3-15-55-16-17-56-18-19-57-20-21-58-22-23-59-24-25-60-35-8-9-36-34(27-35)30-51(45(36)54)39-12-14-42(52)49-43(39)53/h5-11,13,26-29,39H,3-4,12,14-25,30H2,1-2H3,(H,49,52,53). The summed E-state index contributed by atoms with van der Waals surface area (Å²) in [5.74, 6) is 0.596. The van der Waals surface area contributed by atoms with Crippen LogP contribution in [0, 0.1) is 0 Å². The van der Waals surface area contributed by atoms with Gasteiger partial charge >= 0.3 is 0 Å². The number of fused-ring (bicyclic) bond motifs is 2. The molecule has 3 amide bonds. The molecule has 0 saturated carbocycles. The zero-order valence-electron chi connectivity index (χ0n) is 34.6. The molecule has 0 spiro atoms. The fourth-order valence-electron chi connectivity index (χ4n) is 6.97. The fraction of sp³-hybridized carbons (Fsp3) is 0.422. The Hall–Kier alpha value is -5.36. The number of hydrogen-bond donors (Lipinski definition) is 1. The number of aromatic nitrogens is 3. The number of carbonyl (C=O) groups excluding carboxylic acids is 3. The van der Waals surface area contributed by atoms with Crippen molar-refractivity contribution >= 4 is 45.1 Å². The summed E-state index contributed by atoms with van der Waals surface area (Å²) in [6, 6.07) is 19.2. The molecule has 1 N–H and O–H groups in total. The number of nitrogens with zero attached hydrogens (tertiary/aromatic N) is 5. The summed E-state index contributed by atoms with van der Waals surface area (Å²) in [6.07, 6.45) is 6.14. The van der Waals surface area contributed by atoms with E-state index in [4.69, 9.17) is 38.4 Å². The van der Waals surface area contributed by atoms with E-state index in [0.717, 1.165) is 56.3 Å². The maximum Gasteiger partial charge on any atom is 0.255 e. The summed E-state index contributed by atoms with van der Waals surface area (Å²) >= 11 is 1.66. The van der Waals surface area contributed by atoms with Crippen LogP contribution < -0.4 is 15.0 Å². The number of carbonyl (C=O) groups is 3. The van der Waals surface area contributed by atoms with Gasteiger partial charge in [-0.3, -0.25) is 24.7 Å². The Morgan fingerprint density at radius 1 is 0.754 bits per heavy atom. The zero-order valence-corrected chi connectivity index (χ0v) is 35.5. The van der Waals surface area contributed by atoms with Crippen LogP contribution in [0.15, 0.2) is 73.1 Å². The van der Waals surface area contributed by atoms with Crippen LogP contribution in [0.5, 0.6) is 5.75 Å². The Labute approximate surface area is 359 Å². The molecule has 7 rings (SSSR count). The van der Waals surface area contributed by atoms with Crippen molar-refractivity contribution < 1.29 is 42.8 Å². The highest BCUT2D eigenvalue weighted by Crippen LogP contribution is 2.32. The van der Waals surface area contributed by atoms with Gasteiger partial charge < -0.3 is 38.2 Å². The van der Waals surface area contributed by atoms with Gasteiger partial charge in [-0.25, -0.2) is 9.97 Å². The van der Waals surface area contributed by atoms with Gasteiger partial charge in [0.15, 0.2) is 0 Å². The van der Waals surface area contributed by atoms with Crippen LogP contribution in [0.2, 0.25) is 0 Å². The van der Waals surface area contributed by atoms with Gasteiger partial charge in [0.1, 0.15) is 29.2 Å². The number of benzene rings is 2. The molecule has 1 fully saturated rings. The number of thiazole rings is 1. The predicted molar refractivity (Wildman–Crippen MR) is 231 cm³/mol. The molecule has 2 aromatic carbocycles. The Kier molecular flexibility index (Phi) is 15.7. The molecule has 1 atom stereocenters. The van der Waals surface area contributed by atoms with Gasteiger partial charge in [0.05, 0.1) is 75.4 Å². The summed E-state index contributed by atoms with van der Waals surface area (Å²) in [6.45, 7) is 5.50. The number of ether oxygens (including phenoxy) is 6. The highest BCUT2D eigenvalue weighted by Gasteiger charge is 2.39. The third kappa shape index (κ3) is 12.1. The minimum Gasteiger partial charge on any atom is -0.491 e. The van der Waals surface area contributed by atoms with Crippen LogP contribution in [0.3, 0.4) is 0 Å². The van der Waals surface area contributed by atoms with Gasteiger partial charge in [0.25, 0.3) is 5.91 Å². The fourth-order valence-corrected chi connectivity index (χ4v) is 7.97. The molecule has 322 valence electrons. The number of amides is 3. The average molecular weight is 853 g/mol. The number of aryl methyl sites for hydroxylation is 1. The Morgan fingerprint density at radius 3 is 2.07 bits per heavy atom. The first-order valence-electron chi connectivity index (χ1n) is 20.6. The molecule has 2 aliphatic heterocycles. The smallest absolute Gasteiger partial charge is 0.255 e. The second-order valence-corrected chi connectivity index (χ2v) is 15.8. The molecule has 15 nitrogen and oxygen atoms in total. The lowest BCUT2D eigenvalue weighted by Crippen LogP contribution is -2.52. The molecular formula is C45H52N6O9S. The first-order valence-corrected chi connectivity index (χ1v) is 21.4. The molecule has 0 radical (unpaired) electrons. The van der Waals surface area contributed by atoms with Crippen molar-refractivity contribution in [2.24, 2.45) is 0 Å². The van der Waals surface area contributed by atoms with E-state index in [-0.39, 0.29) is 18.2 Å². The molecule has 5 heterocycles. The van der Waals surface area contributed by atoms with E-state index in [0.29, 0.717) is 97.0 Å². The summed E-state index contributed by atoms with van der Waals surface area (Å²) in [4.78, 5) is 54.1. The zero-order chi connectivity index (χ0) is 42.4. The molecule has 5 aromatic rings. The maximum atomic E-state index is 12.8. The summed E-state index contributed by atoms with van der Waals surface area (Å²) in [7, 11) is 3.95. The number of anilines is 1. The van der Waals surface area contributed by atoms with Crippen molar-refractivity contribution in [2.45, 2.75) is 38.3 Å². The second kappa shape index (κ2) is 21.9. The van der Waals surface area contributed by atoms with E-state index in [2.05, 4.69) is 40.6 Å². The molecule has 0 aliphatic carbocycles. The van der Waals surface area contributed by atoms with Crippen LogP contribution in [0.25, 0.3) is 32.0 Å². The lowest BCUT2D eigenvalue weighted by Gasteiger charge is -2.29. The highest BCUT2D eigenvalue weighted by molar-refractivity contribution is 7.21. The van der Waals surface area contributed by atoms with E-state index >= 15 is 0 Å². The van der Waals surface area contributed by atoms with E-state index in [1.54, 1.807) is 23.5 Å². The van der Waals surface area contributed by atoms with Gasteiger partial charge in [0, 0.05) is 62.8 Å². The van der Waals surface area contributed by atoms with Crippen molar-refractivity contribution in [1.82, 2.24) is 25.2 Å². The molecular weight excluding hydrogens is 801 g/mol. The number of piperidine rings is 1. The molecule has 3 aromatic heterocycles. The topological polar surface area (TPSA) is 164 Å². The third-order valence-electron chi connectivity index (χ3n) is 10.2. The van der Waals surface area contributed by atoms with Crippen LogP contribution in [0.4, 0.5) is 5.82 Å². The summed E-state index contributed by atoms with van der Waals surface area (Å²) in [5, 5.41) is 3.22. The minimum absolute atomic E-state index is 0.210. The third-order valence-corrected chi connectivity index (χ3v) is 11.2. The van der Waals surface area contributed by atoms with Crippen LogP contribution in [-0.2, 0) is 46.2 Å². The van der Waals surface area contributed by atoms with Crippen LogP contribution in [-0.4, -0.2) is 130 Å². The van der Waals surface area contributed by atoms with Crippen LogP contribution >= 0.6 is 11.3 Å². The first kappa shape index (κ1) is 43.7. The molecule has 2 aliphatic rings. The largest absolute Gasteiger partial charge is 0.491 e. The predicted octanol–water partition coefficient (Wildman–Crippen LogP) is 5.34.